The van der Waals surface area contributed by atoms with Crippen LogP contribution in [0, 0.1) is 5.82 Å². The van der Waals surface area contributed by atoms with Gasteiger partial charge in [0, 0.05) is 15.0 Å². The van der Waals surface area contributed by atoms with E-state index in [9.17, 15) is 9.18 Å². The Morgan fingerprint density at radius 3 is 2.91 bits per heavy atom. The van der Waals surface area contributed by atoms with Crippen LogP contribution in [0.25, 0.3) is 10.1 Å². The van der Waals surface area contributed by atoms with Crippen molar-refractivity contribution in [3.63, 3.8) is 0 Å². The number of hydrogen-bond donors (Lipinski definition) is 1. The lowest BCUT2D eigenvalue weighted by atomic mass is 10.2. The maximum Gasteiger partial charge on any atom is 0.283 e. The fourth-order valence-corrected chi connectivity index (χ4v) is 4.02. The second-order valence-corrected chi connectivity index (χ2v) is 6.88. The minimum Gasteiger partial charge on any atom is -0.266 e. The molecule has 7 heteroatoms. The minimum atomic E-state index is -0.400. The van der Waals surface area contributed by atoms with Crippen LogP contribution in [0.1, 0.15) is 21.5 Å². The van der Waals surface area contributed by atoms with Crippen molar-refractivity contribution in [3.8, 4) is 0 Å². The molecule has 22 heavy (non-hydrogen) atoms. The van der Waals surface area contributed by atoms with Crippen molar-refractivity contribution in [1.82, 2.24) is 5.43 Å². The molecule has 0 spiro atoms. The topological polar surface area (TPSA) is 41.5 Å². The first-order valence-electron chi connectivity index (χ1n) is 6.32. The van der Waals surface area contributed by atoms with Crippen LogP contribution < -0.4 is 5.43 Å². The van der Waals surface area contributed by atoms with Gasteiger partial charge in [-0.25, -0.2) is 9.82 Å². The number of nitrogens with zero attached hydrogens (tertiary/aromatic N) is 1. The van der Waals surface area contributed by atoms with Gasteiger partial charge in [-0.1, -0.05) is 17.7 Å². The van der Waals surface area contributed by atoms with Gasteiger partial charge in [-0.15, -0.1) is 22.7 Å². The maximum absolute atomic E-state index is 13.2. The number of halogens is 2. The van der Waals surface area contributed by atoms with Gasteiger partial charge in [-0.2, -0.15) is 5.10 Å². The Labute approximate surface area is 139 Å². The van der Waals surface area contributed by atoms with Gasteiger partial charge < -0.3 is 0 Å². The van der Waals surface area contributed by atoms with E-state index in [4.69, 9.17) is 11.6 Å². The predicted octanol–water partition coefficient (Wildman–Crippen LogP) is 4.91. The molecule has 0 aliphatic heterocycles. The first kappa shape index (κ1) is 15.1. The molecular weight excluding hydrogens is 343 g/mol. The summed E-state index contributed by atoms with van der Waals surface area (Å²) < 4.78 is 13.9. The van der Waals surface area contributed by atoms with E-state index in [2.05, 4.69) is 10.5 Å². The van der Waals surface area contributed by atoms with Crippen LogP contribution in [0.3, 0.4) is 0 Å². The SMILES string of the molecule is C/C(=N\NC(=O)c1sc2cc(F)ccc2c1Cl)c1cccs1. The predicted molar refractivity (Wildman–Crippen MR) is 90.8 cm³/mol. The summed E-state index contributed by atoms with van der Waals surface area (Å²) in [6, 6.07) is 8.09. The molecule has 0 saturated carbocycles. The normalized spacial score (nSPS) is 11.9. The van der Waals surface area contributed by atoms with E-state index in [-0.39, 0.29) is 5.82 Å². The highest BCUT2D eigenvalue weighted by Crippen LogP contribution is 2.35. The summed E-state index contributed by atoms with van der Waals surface area (Å²) in [5.74, 6) is -0.758. The number of nitrogens with one attached hydrogen (secondary N) is 1. The molecular formula is C15H10ClFN2OS2. The highest BCUT2D eigenvalue weighted by atomic mass is 35.5. The van der Waals surface area contributed by atoms with E-state index in [1.54, 1.807) is 6.07 Å². The summed E-state index contributed by atoms with van der Waals surface area (Å²) in [5.41, 5.74) is 3.21. The third-order valence-electron chi connectivity index (χ3n) is 3.00. The quantitative estimate of drug-likeness (QED) is 0.528. The molecule has 1 amide bonds. The van der Waals surface area contributed by atoms with Crippen molar-refractivity contribution in [1.29, 1.82) is 0 Å². The molecule has 0 aliphatic carbocycles. The van der Waals surface area contributed by atoms with E-state index >= 15 is 0 Å². The first-order chi connectivity index (χ1) is 10.6. The molecule has 0 atom stereocenters. The Bertz CT molecular complexity index is 871. The average molecular weight is 353 g/mol. The standard InChI is InChI=1S/C15H10ClFN2OS2/c1-8(11-3-2-6-21-11)18-19-15(20)14-13(16)10-5-4-9(17)7-12(10)22-14/h2-7H,1H3,(H,19,20)/b18-8+. The zero-order valence-electron chi connectivity index (χ0n) is 11.4. The highest BCUT2D eigenvalue weighted by molar-refractivity contribution is 7.21. The van der Waals surface area contributed by atoms with Crippen LogP contribution in [-0.2, 0) is 0 Å². The lowest BCUT2D eigenvalue weighted by molar-refractivity contribution is 0.0959. The third kappa shape index (κ3) is 2.90. The molecule has 112 valence electrons. The number of hydrazone groups is 1. The average Bonchev–Trinajstić information content (AvgIpc) is 3.13. The number of thiophene rings is 2. The molecule has 2 heterocycles. The molecule has 3 nitrogen and oxygen atoms in total. The van der Waals surface area contributed by atoms with Gasteiger partial charge in [0.05, 0.1) is 10.7 Å². The van der Waals surface area contributed by atoms with Gasteiger partial charge >= 0.3 is 0 Å². The fourth-order valence-electron chi connectivity index (χ4n) is 1.91. The Balaban J connectivity index is 1.86. The van der Waals surface area contributed by atoms with E-state index in [0.29, 0.717) is 25.7 Å². The zero-order chi connectivity index (χ0) is 15.7. The van der Waals surface area contributed by atoms with Crippen LogP contribution in [0.2, 0.25) is 5.02 Å². The molecule has 2 aromatic heterocycles. The van der Waals surface area contributed by atoms with E-state index in [1.165, 1.54) is 23.5 Å². The van der Waals surface area contributed by atoms with Crippen LogP contribution in [0.15, 0.2) is 40.8 Å². The number of amides is 1. The zero-order valence-corrected chi connectivity index (χ0v) is 13.8. The Hall–Kier alpha value is -1.76. The van der Waals surface area contributed by atoms with Crippen molar-refractivity contribution >= 4 is 56.0 Å². The van der Waals surface area contributed by atoms with Crippen molar-refractivity contribution in [2.24, 2.45) is 5.10 Å². The molecule has 3 rings (SSSR count). The highest BCUT2D eigenvalue weighted by Gasteiger charge is 2.17. The second kappa shape index (κ2) is 6.16. The van der Waals surface area contributed by atoms with Gasteiger partial charge in [0.25, 0.3) is 5.91 Å². The molecule has 0 saturated heterocycles. The Morgan fingerprint density at radius 2 is 2.18 bits per heavy atom. The Kier molecular flexibility index (Phi) is 4.24. The molecule has 0 aliphatic rings. The van der Waals surface area contributed by atoms with E-state index < -0.39 is 5.91 Å². The van der Waals surface area contributed by atoms with Gasteiger partial charge in [-0.05, 0) is 36.6 Å². The van der Waals surface area contributed by atoms with Crippen LogP contribution in [0.4, 0.5) is 4.39 Å². The lowest BCUT2D eigenvalue weighted by Crippen LogP contribution is -2.18. The monoisotopic (exact) mass is 352 g/mol. The molecule has 0 unspecified atom stereocenters. The van der Waals surface area contributed by atoms with Crippen molar-refractivity contribution in [2.75, 3.05) is 0 Å². The summed E-state index contributed by atoms with van der Waals surface area (Å²) >= 11 is 8.88. The summed E-state index contributed by atoms with van der Waals surface area (Å²) in [5, 5.41) is 7.00. The molecule has 1 N–H and O–H groups in total. The lowest BCUT2D eigenvalue weighted by Gasteiger charge is -1.99. The smallest absolute Gasteiger partial charge is 0.266 e. The van der Waals surface area contributed by atoms with Gasteiger partial charge in [0.2, 0.25) is 0 Å². The van der Waals surface area contributed by atoms with Crippen molar-refractivity contribution in [2.45, 2.75) is 6.92 Å². The van der Waals surface area contributed by atoms with Gasteiger partial charge in [0.15, 0.2) is 0 Å². The number of rotatable bonds is 3. The minimum absolute atomic E-state index is 0.321. The summed E-state index contributed by atoms with van der Waals surface area (Å²) in [7, 11) is 0. The summed E-state index contributed by atoms with van der Waals surface area (Å²) in [4.78, 5) is 13.5. The van der Waals surface area contributed by atoms with Crippen LogP contribution in [0.5, 0.6) is 0 Å². The third-order valence-corrected chi connectivity index (χ3v) is 5.64. The van der Waals surface area contributed by atoms with E-state index in [0.717, 1.165) is 16.2 Å². The number of fused-ring (bicyclic) bond motifs is 1. The number of carbonyl (C=O) groups excluding carboxylic acids is 1. The second-order valence-electron chi connectivity index (χ2n) is 4.50. The maximum atomic E-state index is 13.2. The summed E-state index contributed by atoms with van der Waals surface area (Å²) in [6.07, 6.45) is 0. The molecule has 1 aromatic carbocycles. The molecule has 3 aromatic rings. The molecule has 0 fully saturated rings. The van der Waals surface area contributed by atoms with Crippen molar-refractivity contribution in [3.05, 3.63) is 56.3 Å². The summed E-state index contributed by atoms with van der Waals surface area (Å²) in [6.45, 7) is 1.81. The number of benzene rings is 1. The molecule has 0 radical (unpaired) electrons. The number of carbonyl (C=O) groups is 1. The first-order valence-corrected chi connectivity index (χ1v) is 8.39. The van der Waals surface area contributed by atoms with Gasteiger partial charge in [-0.3, -0.25) is 4.79 Å². The largest absolute Gasteiger partial charge is 0.283 e. The van der Waals surface area contributed by atoms with Gasteiger partial charge in [0.1, 0.15) is 10.7 Å². The number of hydrogen-bond acceptors (Lipinski definition) is 4. The fraction of sp³-hybridized carbons (Fsp3) is 0.0667. The van der Waals surface area contributed by atoms with Crippen LogP contribution in [-0.4, -0.2) is 11.6 Å². The molecule has 0 bridgehead atoms. The van der Waals surface area contributed by atoms with E-state index in [1.807, 2.05) is 24.4 Å². The van der Waals surface area contributed by atoms with Crippen LogP contribution >= 0.6 is 34.3 Å². The van der Waals surface area contributed by atoms with Crippen molar-refractivity contribution < 1.29 is 9.18 Å². The Morgan fingerprint density at radius 1 is 1.36 bits per heavy atom.